The molecule has 0 atom stereocenters. The van der Waals surface area contributed by atoms with E-state index in [9.17, 15) is 4.39 Å². The van der Waals surface area contributed by atoms with Gasteiger partial charge in [-0.25, -0.2) is 4.39 Å². The average Bonchev–Trinajstić information content (AvgIpc) is 2.74. The van der Waals surface area contributed by atoms with E-state index in [0.29, 0.717) is 22.2 Å². The Kier molecular flexibility index (Phi) is 7.13. The number of halogens is 1. The lowest BCUT2D eigenvalue weighted by atomic mass is 10.2. The Morgan fingerprint density at radius 3 is 2.52 bits per heavy atom. The third kappa shape index (κ3) is 6.02. The molecule has 0 unspecified atom stereocenters. The molecule has 29 heavy (non-hydrogen) atoms. The Bertz CT molecular complexity index is 979. The zero-order chi connectivity index (χ0) is 20.5. The zero-order valence-electron chi connectivity index (χ0n) is 15.8. The van der Waals surface area contributed by atoms with Gasteiger partial charge in [0.25, 0.3) is 0 Å². The van der Waals surface area contributed by atoms with E-state index >= 15 is 0 Å². The maximum atomic E-state index is 13.1. The molecule has 7 heteroatoms. The smallest absolute Gasteiger partial charge is 0.191 e. The van der Waals surface area contributed by atoms with Crippen molar-refractivity contribution in [3.05, 3.63) is 89.7 Å². The van der Waals surface area contributed by atoms with E-state index in [1.807, 2.05) is 42.5 Å². The average molecular weight is 409 g/mol. The molecule has 0 aliphatic rings. The van der Waals surface area contributed by atoms with Crippen LogP contribution in [-0.4, -0.2) is 18.4 Å². The fraction of sp³-hybridized carbons (Fsp3) is 0.0909. The van der Waals surface area contributed by atoms with Gasteiger partial charge in [-0.3, -0.25) is 5.43 Å². The number of hydrogen-bond donors (Lipinski definition) is 2. The molecular formula is C22H20FN3O2S. The van der Waals surface area contributed by atoms with E-state index in [-0.39, 0.29) is 12.4 Å². The molecule has 0 aromatic heterocycles. The Labute approximate surface area is 174 Å². The molecule has 0 aliphatic heterocycles. The summed E-state index contributed by atoms with van der Waals surface area (Å²) in [7, 11) is 1.57. The summed E-state index contributed by atoms with van der Waals surface area (Å²) in [6.45, 7) is 0.267. The quantitative estimate of drug-likeness (QED) is 0.336. The molecule has 0 saturated heterocycles. The second-order valence-corrected chi connectivity index (χ2v) is 6.39. The second kappa shape index (κ2) is 10.2. The molecule has 0 saturated carbocycles. The van der Waals surface area contributed by atoms with Crippen molar-refractivity contribution in [2.75, 3.05) is 12.4 Å². The molecular weight excluding hydrogens is 389 g/mol. The first-order chi connectivity index (χ1) is 14.2. The van der Waals surface area contributed by atoms with Crippen molar-refractivity contribution in [1.82, 2.24) is 5.43 Å². The Balaban J connectivity index is 1.67. The Morgan fingerprint density at radius 2 is 1.79 bits per heavy atom. The van der Waals surface area contributed by atoms with Gasteiger partial charge in [0.2, 0.25) is 0 Å². The summed E-state index contributed by atoms with van der Waals surface area (Å²) in [6.07, 6.45) is 1.60. The largest absolute Gasteiger partial charge is 0.493 e. The maximum absolute atomic E-state index is 13.1. The first kappa shape index (κ1) is 20.3. The third-order valence-corrected chi connectivity index (χ3v) is 4.12. The molecule has 0 fully saturated rings. The van der Waals surface area contributed by atoms with Gasteiger partial charge in [-0.15, -0.1) is 0 Å². The number of benzene rings is 3. The van der Waals surface area contributed by atoms with Crippen molar-refractivity contribution in [2.45, 2.75) is 6.61 Å². The summed E-state index contributed by atoms with van der Waals surface area (Å²) in [5, 5.41) is 7.58. The highest BCUT2D eigenvalue weighted by Crippen LogP contribution is 2.30. The van der Waals surface area contributed by atoms with E-state index in [1.54, 1.807) is 31.5 Å². The third-order valence-electron chi connectivity index (χ3n) is 3.93. The van der Waals surface area contributed by atoms with Crippen LogP contribution in [0.15, 0.2) is 77.9 Å². The van der Waals surface area contributed by atoms with Crippen LogP contribution in [0, 0.1) is 5.82 Å². The minimum Gasteiger partial charge on any atom is -0.493 e. The number of methoxy groups -OCH3 is 1. The molecule has 3 aromatic carbocycles. The molecule has 0 aliphatic carbocycles. The highest BCUT2D eigenvalue weighted by atomic mass is 32.1. The van der Waals surface area contributed by atoms with Gasteiger partial charge in [0.1, 0.15) is 12.4 Å². The van der Waals surface area contributed by atoms with Gasteiger partial charge in [-0.2, -0.15) is 5.10 Å². The normalized spacial score (nSPS) is 10.6. The van der Waals surface area contributed by atoms with Gasteiger partial charge in [-0.05, 0) is 54.2 Å². The van der Waals surface area contributed by atoms with Crippen molar-refractivity contribution in [2.24, 2.45) is 5.10 Å². The monoisotopic (exact) mass is 409 g/mol. The molecule has 5 nitrogen and oxygen atoms in total. The highest BCUT2D eigenvalue weighted by molar-refractivity contribution is 7.80. The number of thiocarbonyl (C=S) groups is 1. The molecule has 2 N–H and O–H groups in total. The number of nitrogens with one attached hydrogen (secondary N) is 2. The summed E-state index contributed by atoms with van der Waals surface area (Å²) in [4.78, 5) is 0. The summed E-state index contributed by atoms with van der Waals surface area (Å²) < 4.78 is 24.4. The lowest BCUT2D eigenvalue weighted by Crippen LogP contribution is -2.23. The van der Waals surface area contributed by atoms with Crippen LogP contribution in [0.3, 0.4) is 0 Å². The van der Waals surface area contributed by atoms with E-state index in [1.165, 1.54) is 12.1 Å². The van der Waals surface area contributed by atoms with Crippen molar-refractivity contribution < 1.29 is 13.9 Å². The van der Waals surface area contributed by atoms with E-state index in [4.69, 9.17) is 21.7 Å². The number of hydrogen-bond acceptors (Lipinski definition) is 4. The highest BCUT2D eigenvalue weighted by Gasteiger charge is 2.10. The summed E-state index contributed by atoms with van der Waals surface area (Å²) in [6, 6.07) is 21.2. The van der Waals surface area contributed by atoms with Gasteiger partial charge in [-0.1, -0.05) is 36.4 Å². The Hall–Kier alpha value is -3.45. The zero-order valence-corrected chi connectivity index (χ0v) is 16.6. The van der Waals surface area contributed by atoms with Crippen LogP contribution in [0.4, 0.5) is 10.1 Å². The standard InChI is InChI=1S/C22H20FN3O2S/c1-27-20-9-5-6-17(21(20)28-15-16-10-12-18(23)13-11-16)14-24-26-22(29)25-19-7-3-2-4-8-19/h2-14H,15H2,1H3,(H2,25,26,29)/b24-14-. The SMILES string of the molecule is COc1cccc(/C=N\NC(=S)Nc2ccccc2)c1OCc1ccc(F)cc1. The van der Waals surface area contributed by atoms with Crippen molar-refractivity contribution >= 4 is 29.2 Å². The lowest BCUT2D eigenvalue weighted by molar-refractivity contribution is 0.284. The van der Waals surface area contributed by atoms with Gasteiger partial charge >= 0.3 is 0 Å². The van der Waals surface area contributed by atoms with Gasteiger partial charge in [0.05, 0.1) is 13.3 Å². The summed E-state index contributed by atoms with van der Waals surface area (Å²) >= 11 is 5.24. The minimum absolute atomic E-state index is 0.267. The fourth-order valence-corrected chi connectivity index (χ4v) is 2.70. The number of nitrogens with zero attached hydrogens (tertiary/aromatic N) is 1. The number of rotatable bonds is 7. The number of para-hydroxylation sites is 2. The predicted octanol–water partition coefficient (Wildman–Crippen LogP) is 4.73. The fourth-order valence-electron chi connectivity index (χ4n) is 2.53. The topological polar surface area (TPSA) is 54.9 Å². The van der Waals surface area contributed by atoms with Crippen LogP contribution < -0.4 is 20.2 Å². The molecule has 3 aromatic rings. The first-order valence-corrected chi connectivity index (χ1v) is 9.26. The minimum atomic E-state index is -0.287. The van der Waals surface area contributed by atoms with E-state index in [2.05, 4.69) is 15.8 Å². The van der Waals surface area contributed by atoms with E-state index in [0.717, 1.165) is 11.3 Å². The molecule has 0 spiro atoms. The lowest BCUT2D eigenvalue weighted by Gasteiger charge is -2.13. The molecule has 0 bridgehead atoms. The molecule has 0 heterocycles. The van der Waals surface area contributed by atoms with Crippen LogP contribution in [-0.2, 0) is 6.61 Å². The van der Waals surface area contributed by atoms with Gasteiger partial charge in [0.15, 0.2) is 16.6 Å². The first-order valence-electron chi connectivity index (χ1n) is 8.85. The van der Waals surface area contributed by atoms with Gasteiger partial charge in [0, 0.05) is 11.3 Å². The number of hydrazone groups is 1. The van der Waals surface area contributed by atoms with Crippen LogP contribution in [0.2, 0.25) is 0 Å². The molecule has 148 valence electrons. The van der Waals surface area contributed by atoms with Gasteiger partial charge < -0.3 is 14.8 Å². The molecule has 3 rings (SSSR count). The molecule has 0 radical (unpaired) electrons. The molecule has 0 amide bonds. The van der Waals surface area contributed by atoms with Crippen LogP contribution in [0.1, 0.15) is 11.1 Å². The van der Waals surface area contributed by atoms with Crippen molar-refractivity contribution in [1.29, 1.82) is 0 Å². The van der Waals surface area contributed by atoms with Crippen molar-refractivity contribution in [3.63, 3.8) is 0 Å². The van der Waals surface area contributed by atoms with Crippen molar-refractivity contribution in [3.8, 4) is 11.5 Å². The second-order valence-electron chi connectivity index (χ2n) is 5.98. The summed E-state index contributed by atoms with van der Waals surface area (Å²) in [5.41, 5.74) is 5.19. The van der Waals surface area contributed by atoms with Crippen LogP contribution in [0.5, 0.6) is 11.5 Å². The van der Waals surface area contributed by atoms with Crippen LogP contribution in [0.25, 0.3) is 0 Å². The predicted molar refractivity (Wildman–Crippen MR) is 117 cm³/mol. The Morgan fingerprint density at radius 1 is 1.03 bits per heavy atom. The van der Waals surface area contributed by atoms with Crippen LogP contribution >= 0.6 is 12.2 Å². The number of anilines is 1. The summed E-state index contributed by atoms with van der Waals surface area (Å²) in [5.74, 6) is 0.817. The maximum Gasteiger partial charge on any atom is 0.191 e. The van der Waals surface area contributed by atoms with E-state index < -0.39 is 0 Å². The number of ether oxygens (including phenoxy) is 2.